The standard InChI is InChI=1S/C24H38ClN5.HI/c1-26-24(28-20-14-21-10-5-11-22(15-20)30(21)3)27-16-18-8-6-12-29(2)23(18)17-7-4-9-19(25)13-17;/h4,7,9,13,18,20-23H,5-6,8,10-12,14-16H2,1-3H3,(H2,26,27,28);1H. The summed E-state index contributed by atoms with van der Waals surface area (Å²) in [4.78, 5) is 9.65. The van der Waals surface area contributed by atoms with Gasteiger partial charge in [0.15, 0.2) is 5.96 Å². The zero-order chi connectivity index (χ0) is 21.1. The minimum Gasteiger partial charge on any atom is -0.356 e. The van der Waals surface area contributed by atoms with E-state index in [1.165, 1.54) is 50.5 Å². The average molecular weight is 560 g/mol. The largest absolute Gasteiger partial charge is 0.356 e. The summed E-state index contributed by atoms with van der Waals surface area (Å²) in [6, 6.07) is 10.8. The summed E-state index contributed by atoms with van der Waals surface area (Å²) in [5, 5.41) is 8.23. The highest BCUT2D eigenvalue weighted by Gasteiger charge is 2.36. The van der Waals surface area contributed by atoms with E-state index in [1.54, 1.807) is 0 Å². The van der Waals surface area contributed by atoms with E-state index in [-0.39, 0.29) is 24.0 Å². The fourth-order valence-corrected chi connectivity index (χ4v) is 6.24. The van der Waals surface area contributed by atoms with Crippen LogP contribution >= 0.6 is 35.6 Å². The third-order valence-corrected chi connectivity index (χ3v) is 7.87. The molecule has 5 nitrogen and oxygen atoms in total. The minimum absolute atomic E-state index is 0. The summed E-state index contributed by atoms with van der Waals surface area (Å²) in [7, 11) is 6.45. The number of piperidine rings is 3. The number of halogens is 2. The Hall–Kier alpha value is -0.570. The molecule has 174 valence electrons. The highest BCUT2D eigenvalue weighted by Crippen LogP contribution is 2.36. The Kier molecular flexibility index (Phi) is 9.32. The number of rotatable bonds is 4. The molecule has 2 bridgehead atoms. The molecule has 0 amide bonds. The minimum atomic E-state index is 0. The molecule has 2 N–H and O–H groups in total. The highest BCUT2D eigenvalue weighted by atomic mass is 127. The van der Waals surface area contributed by atoms with Crippen molar-refractivity contribution in [1.82, 2.24) is 20.4 Å². The van der Waals surface area contributed by atoms with Gasteiger partial charge in [0.25, 0.3) is 0 Å². The highest BCUT2D eigenvalue weighted by molar-refractivity contribution is 14.0. The van der Waals surface area contributed by atoms with Gasteiger partial charge in [0.1, 0.15) is 0 Å². The van der Waals surface area contributed by atoms with Gasteiger partial charge in [0.2, 0.25) is 0 Å². The summed E-state index contributed by atoms with van der Waals surface area (Å²) in [5.74, 6) is 1.50. The molecule has 31 heavy (non-hydrogen) atoms. The quantitative estimate of drug-likeness (QED) is 0.323. The van der Waals surface area contributed by atoms with Crippen LogP contribution < -0.4 is 10.6 Å². The Labute approximate surface area is 210 Å². The molecular weight excluding hydrogens is 521 g/mol. The number of nitrogens with one attached hydrogen (secondary N) is 2. The van der Waals surface area contributed by atoms with Gasteiger partial charge in [-0.15, -0.1) is 24.0 Å². The monoisotopic (exact) mass is 559 g/mol. The maximum absolute atomic E-state index is 6.30. The fraction of sp³-hybridized carbons (Fsp3) is 0.708. The van der Waals surface area contributed by atoms with E-state index in [9.17, 15) is 0 Å². The van der Waals surface area contributed by atoms with Crippen molar-refractivity contribution in [1.29, 1.82) is 0 Å². The first-order valence-corrected chi connectivity index (χ1v) is 12.1. The van der Waals surface area contributed by atoms with Crippen molar-refractivity contribution >= 4 is 41.5 Å². The van der Waals surface area contributed by atoms with Gasteiger partial charge in [0.05, 0.1) is 0 Å². The molecule has 1 aromatic carbocycles. The van der Waals surface area contributed by atoms with Crippen molar-refractivity contribution in [3.8, 4) is 0 Å². The van der Waals surface area contributed by atoms with E-state index in [0.717, 1.165) is 36.2 Å². The molecular formula is C24H39ClIN5. The maximum atomic E-state index is 6.30. The second-order valence-corrected chi connectivity index (χ2v) is 9.99. The number of aliphatic imine (C=N–C) groups is 1. The Morgan fingerprint density at radius 2 is 1.87 bits per heavy atom. The molecule has 1 aromatic rings. The average Bonchev–Trinajstić information content (AvgIpc) is 2.71. The zero-order valence-corrected chi connectivity index (χ0v) is 22.3. The lowest BCUT2D eigenvalue weighted by Gasteiger charge is -2.47. The van der Waals surface area contributed by atoms with Gasteiger partial charge in [0, 0.05) is 42.8 Å². The predicted octanol–water partition coefficient (Wildman–Crippen LogP) is 4.52. The first-order valence-electron chi connectivity index (χ1n) is 11.7. The van der Waals surface area contributed by atoms with Crippen molar-refractivity contribution < 1.29 is 0 Å². The molecule has 3 saturated heterocycles. The summed E-state index contributed by atoms with van der Waals surface area (Å²) in [6.45, 7) is 2.07. The summed E-state index contributed by atoms with van der Waals surface area (Å²) >= 11 is 6.30. The lowest BCUT2D eigenvalue weighted by Crippen LogP contribution is -2.57. The van der Waals surface area contributed by atoms with E-state index in [1.807, 2.05) is 13.1 Å². The van der Waals surface area contributed by atoms with Gasteiger partial charge in [-0.3, -0.25) is 9.89 Å². The van der Waals surface area contributed by atoms with Gasteiger partial charge in [-0.1, -0.05) is 30.2 Å². The summed E-state index contributed by atoms with van der Waals surface area (Å²) < 4.78 is 0. The first kappa shape index (κ1) is 25.1. The van der Waals surface area contributed by atoms with Crippen LogP contribution in [-0.2, 0) is 0 Å². The van der Waals surface area contributed by atoms with Crippen LogP contribution in [0.25, 0.3) is 0 Å². The molecule has 3 aliphatic rings. The molecule has 0 aromatic heterocycles. The van der Waals surface area contributed by atoms with Gasteiger partial charge in [-0.05, 0) is 82.8 Å². The molecule has 4 unspecified atom stereocenters. The molecule has 0 spiro atoms. The van der Waals surface area contributed by atoms with E-state index < -0.39 is 0 Å². The van der Waals surface area contributed by atoms with Crippen LogP contribution in [0.2, 0.25) is 5.02 Å². The van der Waals surface area contributed by atoms with Crippen LogP contribution in [0.3, 0.4) is 0 Å². The van der Waals surface area contributed by atoms with Crippen LogP contribution in [0.5, 0.6) is 0 Å². The zero-order valence-electron chi connectivity index (χ0n) is 19.2. The number of fused-ring (bicyclic) bond motifs is 2. The third kappa shape index (κ3) is 6.06. The smallest absolute Gasteiger partial charge is 0.191 e. The molecule has 3 heterocycles. The van der Waals surface area contributed by atoms with Crippen molar-refractivity contribution in [2.45, 2.75) is 69.1 Å². The third-order valence-electron chi connectivity index (χ3n) is 7.63. The van der Waals surface area contributed by atoms with Crippen LogP contribution in [0, 0.1) is 5.92 Å². The second kappa shape index (κ2) is 11.5. The maximum Gasteiger partial charge on any atom is 0.191 e. The van der Waals surface area contributed by atoms with Gasteiger partial charge >= 0.3 is 0 Å². The Bertz CT molecular complexity index is 730. The Morgan fingerprint density at radius 1 is 1.13 bits per heavy atom. The number of nitrogens with zero attached hydrogens (tertiary/aromatic N) is 3. The van der Waals surface area contributed by atoms with E-state index in [0.29, 0.717) is 18.0 Å². The van der Waals surface area contributed by atoms with Crippen molar-refractivity contribution in [2.24, 2.45) is 10.9 Å². The van der Waals surface area contributed by atoms with Crippen LogP contribution in [-0.4, -0.2) is 68.1 Å². The molecule has 7 heteroatoms. The van der Waals surface area contributed by atoms with Gasteiger partial charge in [-0.2, -0.15) is 0 Å². The molecule has 3 fully saturated rings. The molecule has 4 rings (SSSR count). The van der Waals surface area contributed by atoms with Crippen LogP contribution in [0.4, 0.5) is 0 Å². The Morgan fingerprint density at radius 3 is 2.55 bits per heavy atom. The summed E-state index contributed by atoms with van der Waals surface area (Å²) in [6.07, 6.45) is 8.99. The second-order valence-electron chi connectivity index (χ2n) is 9.55. The molecule has 3 aliphatic heterocycles. The van der Waals surface area contributed by atoms with Gasteiger partial charge in [-0.25, -0.2) is 0 Å². The molecule has 0 aliphatic carbocycles. The first-order chi connectivity index (χ1) is 14.5. The number of likely N-dealkylation sites (tertiary alicyclic amines) is 1. The normalized spacial score (nSPS) is 32.3. The number of benzene rings is 1. The van der Waals surface area contributed by atoms with Crippen molar-refractivity contribution in [3.05, 3.63) is 34.9 Å². The van der Waals surface area contributed by atoms with E-state index in [2.05, 4.69) is 57.7 Å². The lowest BCUT2D eigenvalue weighted by atomic mass is 9.82. The van der Waals surface area contributed by atoms with E-state index in [4.69, 9.17) is 11.6 Å². The number of hydrogen-bond acceptors (Lipinski definition) is 3. The Balaban J connectivity index is 0.00000272. The van der Waals surface area contributed by atoms with E-state index >= 15 is 0 Å². The predicted molar refractivity (Wildman–Crippen MR) is 142 cm³/mol. The lowest BCUT2D eigenvalue weighted by molar-refractivity contribution is 0.0525. The molecule has 4 atom stereocenters. The fourth-order valence-electron chi connectivity index (χ4n) is 6.04. The summed E-state index contributed by atoms with van der Waals surface area (Å²) in [5.41, 5.74) is 1.32. The number of guanidine groups is 1. The van der Waals surface area contributed by atoms with Crippen LogP contribution in [0.1, 0.15) is 56.6 Å². The molecule has 0 saturated carbocycles. The van der Waals surface area contributed by atoms with Crippen molar-refractivity contribution in [3.63, 3.8) is 0 Å². The van der Waals surface area contributed by atoms with Gasteiger partial charge < -0.3 is 15.5 Å². The topological polar surface area (TPSA) is 42.9 Å². The van der Waals surface area contributed by atoms with Crippen molar-refractivity contribution in [2.75, 3.05) is 34.2 Å². The number of hydrogen-bond donors (Lipinski definition) is 2. The molecule has 0 radical (unpaired) electrons. The van der Waals surface area contributed by atoms with Crippen LogP contribution in [0.15, 0.2) is 29.3 Å². The SMILES string of the molecule is CN=C(NCC1CCCN(C)C1c1cccc(Cl)c1)NC1CC2CCCC(C1)N2C.I.